The predicted molar refractivity (Wildman–Crippen MR) is 124 cm³/mol. The van der Waals surface area contributed by atoms with Gasteiger partial charge in [-0.25, -0.2) is 4.98 Å². The summed E-state index contributed by atoms with van der Waals surface area (Å²) in [7, 11) is 1.63. The number of hydrogen-bond acceptors (Lipinski definition) is 4. The first-order chi connectivity index (χ1) is 14.8. The van der Waals surface area contributed by atoms with Gasteiger partial charge in [-0.15, -0.1) is 0 Å². The molecule has 0 atom stereocenters. The van der Waals surface area contributed by atoms with E-state index >= 15 is 0 Å². The van der Waals surface area contributed by atoms with Crippen molar-refractivity contribution >= 4 is 10.9 Å². The second kappa shape index (κ2) is 8.26. The van der Waals surface area contributed by atoms with E-state index in [1.165, 1.54) is 5.56 Å². The van der Waals surface area contributed by atoms with Crippen molar-refractivity contribution in [2.45, 2.75) is 32.8 Å². The Hall–Kier alpha value is -3.60. The second-order valence-corrected chi connectivity index (χ2v) is 8.52. The molecule has 0 saturated heterocycles. The zero-order chi connectivity index (χ0) is 22.0. The van der Waals surface area contributed by atoms with Crippen LogP contribution >= 0.6 is 0 Å². The van der Waals surface area contributed by atoms with Crippen LogP contribution in [0.5, 0.6) is 11.5 Å². The molecule has 1 aromatic heterocycles. The van der Waals surface area contributed by atoms with E-state index in [-0.39, 0.29) is 11.0 Å². The SMILES string of the molecule is COc1ccc(-c2nc3ccccc3c(=O)[nH]2)cc1COc1ccc(C(C)(C)C)cc1. The molecule has 1 N–H and O–H groups in total. The molecule has 0 bridgehead atoms. The van der Waals surface area contributed by atoms with E-state index < -0.39 is 0 Å². The number of rotatable bonds is 5. The minimum Gasteiger partial charge on any atom is -0.496 e. The summed E-state index contributed by atoms with van der Waals surface area (Å²) in [5.74, 6) is 2.03. The quantitative estimate of drug-likeness (QED) is 0.470. The van der Waals surface area contributed by atoms with Gasteiger partial charge in [0.2, 0.25) is 0 Å². The third-order valence-electron chi connectivity index (χ3n) is 5.28. The number of aromatic amines is 1. The lowest BCUT2D eigenvalue weighted by Gasteiger charge is -2.19. The monoisotopic (exact) mass is 414 g/mol. The predicted octanol–water partition coefficient (Wildman–Crippen LogP) is 5.48. The summed E-state index contributed by atoms with van der Waals surface area (Å²) < 4.78 is 11.5. The third kappa shape index (κ3) is 4.45. The van der Waals surface area contributed by atoms with Crippen molar-refractivity contribution < 1.29 is 9.47 Å². The Morgan fingerprint density at radius 3 is 2.42 bits per heavy atom. The van der Waals surface area contributed by atoms with E-state index in [1.54, 1.807) is 13.2 Å². The molecule has 5 nitrogen and oxygen atoms in total. The van der Waals surface area contributed by atoms with Gasteiger partial charge in [-0.1, -0.05) is 45.0 Å². The lowest BCUT2D eigenvalue weighted by molar-refractivity contribution is 0.296. The Labute approximate surface area is 181 Å². The van der Waals surface area contributed by atoms with E-state index in [0.717, 1.165) is 22.6 Å². The van der Waals surface area contributed by atoms with Crippen LogP contribution in [0.2, 0.25) is 0 Å². The highest BCUT2D eigenvalue weighted by molar-refractivity contribution is 5.79. The van der Waals surface area contributed by atoms with Gasteiger partial charge in [0.05, 0.1) is 18.0 Å². The van der Waals surface area contributed by atoms with Crippen molar-refractivity contribution in [3.8, 4) is 22.9 Å². The summed E-state index contributed by atoms with van der Waals surface area (Å²) in [6.45, 7) is 6.89. The summed E-state index contributed by atoms with van der Waals surface area (Å²) in [6, 6.07) is 21.1. The Morgan fingerprint density at radius 2 is 1.71 bits per heavy atom. The fourth-order valence-electron chi connectivity index (χ4n) is 3.47. The number of aromatic nitrogens is 2. The molecule has 158 valence electrons. The molecule has 0 unspecified atom stereocenters. The number of hydrogen-bond donors (Lipinski definition) is 1. The van der Waals surface area contributed by atoms with Gasteiger partial charge >= 0.3 is 0 Å². The molecule has 0 radical (unpaired) electrons. The molecule has 1 heterocycles. The van der Waals surface area contributed by atoms with E-state index in [0.29, 0.717) is 23.3 Å². The number of methoxy groups -OCH3 is 1. The Kier molecular flexibility index (Phi) is 5.51. The molecule has 0 fully saturated rings. The van der Waals surface area contributed by atoms with Crippen LogP contribution in [0, 0.1) is 0 Å². The number of para-hydroxylation sites is 1. The lowest BCUT2D eigenvalue weighted by atomic mass is 9.87. The van der Waals surface area contributed by atoms with Crippen LogP contribution in [-0.4, -0.2) is 17.1 Å². The van der Waals surface area contributed by atoms with Crippen molar-refractivity contribution in [1.29, 1.82) is 0 Å². The van der Waals surface area contributed by atoms with Gasteiger partial charge in [-0.2, -0.15) is 0 Å². The van der Waals surface area contributed by atoms with Crippen LogP contribution in [0.25, 0.3) is 22.3 Å². The summed E-state index contributed by atoms with van der Waals surface area (Å²) >= 11 is 0. The minimum atomic E-state index is -0.159. The van der Waals surface area contributed by atoms with Gasteiger partial charge in [-0.3, -0.25) is 4.79 Å². The molecule has 0 saturated carbocycles. The fraction of sp³-hybridized carbons (Fsp3) is 0.231. The maximum absolute atomic E-state index is 12.4. The van der Waals surface area contributed by atoms with Crippen molar-refractivity contribution in [1.82, 2.24) is 9.97 Å². The molecule has 0 aliphatic rings. The van der Waals surface area contributed by atoms with Crippen LogP contribution in [0.15, 0.2) is 71.5 Å². The zero-order valence-electron chi connectivity index (χ0n) is 18.2. The highest BCUT2D eigenvalue weighted by atomic mass is 16.5. The van der Waals surface area contributed by atoms with E-state index in [1.807, 2.05) is 48.5 Å². The average molecular weight is 415 g/mol. The molecule has 3 aromatic carbocycles. The number of H-pyrrole nitrogens is 1. The van der Waals surface area contributed by atoms with Crippen LogP contribution in [0.4, 0.5) is 0 Å². The molecule has 4 rings (SSSR count). The first-order valence-electron chi connectivity index (χ1n) is 10.2. The van der Waals surface area contributed by atoms with Crippen molar-refractivity contribution in [2.24, 2.45) is 0 Å². The highest BCUT2D eigenvalue weighted by Gasteiger charge is 2.14. The van der Waals surface area contributed by atoms with Crippen LogP contribution in [0.1, 0.15) is 31.9 Å². The van der Waals surface area contributed by atoms with Gasteiger partial charge < -0.3 is 14.5 Å². The van der Waals surface area contributed by atoms with Gasteiger partial charge in [0.15, 0.2) is 0 Å². The fourth-order valence-corrected chi connectivity index (χ4v) is 3.47. The number of fused-ring (bicyclic) bond motifs is 1. The third-order valence-corrected chi connectivity index (χ3v) is 5.28. The van der Waals surface area contributed by atoms with Crippen LogP contribution < -0.4 is 15.0 Å². The maximum Gasteiger partial charge on any atom is 0.259 e. The largest absolute Gasteiger partial charge is 0.496 e. The number of ether oxygens (including phenoxy) is 2. The van der Waals surface area contributed by atoms with Crippen LogP contribution in [-0.2, 0) is 12.0 Å². The first kappa shape index (κ1) is 20.7. The first-order valence-corrected chi connectivity index (χ1v) is 10.2. The van der Waals surface area contributed by atoms with E-state index in [9.17, 15) is 4.79 Å². The summed E-state index contributed by atoms with van der Waals surface area (Å²) in [6.07, 6.45) is 0. The van der Waals surface area contributed by atoms with E-state index in [4.69, 9.17) is 9.47 Å². The smallest absolute Gasteiger partial charge is 0.259 e. The van der Waals surface area contributed by atoms with E-state index in [2.05, 4.69) is 42.9 Å². The van der Waals surface area contributed by atoms with Crippen LogP contribution in [0.3, 0.4) is 0 Å². The standard InChI is InChI=1S/C26H26N2O3/c1-26(2,3)19-10-12-20(13-11-19)31-16-18-15-17(9-14-23(18)30-4)24-27-22-8-6-5-7-21(22)25(29)28-24/h5-15H,16H2,1-4H3,(H,27,28,29). The lowest BCUT2D eigenvalue weighted by Crippen LogP contribution is -2.10. The molecule has 0 spiro atoms. The summed E-state index contributed by atoms with van der Waals surface area (Å²) in [4.78, 5) is 19.9. The zero-order valence-corrected chi connectivity index (χ0v) is 18.2. The molecule has 0 aliphatic carbocycles. The maximum atomic E-state index is 12.4. The molecule has 4 aromatic rings. The Bertz CT molecular complexity index is 1270. The molecular formula is C26H26N2O3. The highest BCUT2D eigenvalue weighted by Crippen LogP contribution is 2.28. The molecule has 31 heavy (non-hydrogen) atoms. The molecule has 5 heteroatoms. The molecule has 0 aliphatic heterocycles. The average Bonchev–Trinajstić information content (AvgIpc) is 2.77. The topological polar surface area (TPSA) is 64.2 Å². The molecular weight excluding hydrogens is 388 g/mol. The van der Waals surface area contributed by atoms with Gasteiger partial charge in [0.1, 0.15) is 23.9 Å². The number of nitrogens with one attached hydrogen (secondary N) is 1. The summed E-state index contributed by atoms with van der Waals surface area (Å²) in [5.41, 5.74) is 3.52. The van der Waals surface area contributed by atoms with Gasteiger partial charge in [0, 0.05) is 11.1 Å². The normalized spacial score (nSPS) is 11.5. The minimum absolute atomic E-state index is 0.0971. The molecule has 0 amide bonds. The number of benzene rings is 3. The van der Waals surface area contributed by atoms with Gasteiger partial charge in [0.25, 0.3) is 5.56 Å². The van der Waals surface area contributed by atoms with Gasteiger partial charge in [-0.05, 0) is 53.4 Å². The number of nitrogens with zero attached hydrogens (tertiary/aromatic N) is 1. The summed E-state index contributed by atoms with van der Waals surface area (Å²) in [5, 5.41) is 0.571. The Balaban J connectivity index is 1.62. The van der Waals surface area contributed by atoms with Crippen molar-refractivity contribution in [3.05, 3.63) is 88.2 Å². The van der Waals surface area contributed by atoms with Crippen molar-refractivity contribution in [3.63, 3.8) is 0 Å². The Morgan fingerprint density at radius 1 is 0.968 bits per heavy atom. The van der Waals surface area contributed by atoms with Crippen molar-refractivity contribution in [2.75, 3.05) is 7.11 Å². The second-order valence-electron chi connectivity index (χ2n) is 8.52.